The summed E-state index contributed by atoms with van der Waals surface area (Å²) in [7, 11) is 0. The molecule has 0 rings (SSSR count). The van der Waals surface area contributed by atoms with Crippen LogP contribution in [0.2, 0.25) is 0 Å². The van der Waals surface area contributed by atoms with Crippen LogP contribution in [0.1, 0.15) is 13.3 Å². The van der Waals surface area contributed by atoms with Crippen molar-refractivity contribution in [1.82, 2.24) is 0 Å². The van der Waals surface area contributed by atoms with E-state index in [0.29, 0.717) is 6.42 Å². The van der Waals surface area contributed by atoms with Crippen LogP contribution in [0, 0.1) is 11.3 Å². The fourth-order valence-electron chi connectivity index (χ4n) is 0.804. The average molecular weight is 185 g/mol. The maximum Gasteiger partial charge on any atom is 0.352 e. The van der Waals surface area contributed by atoms with Gasteiger partial charge in [0, 0.05) is 5.92 Å². The SMILES string of the molecule is C=CCOC(=O)C(=N)[C@H](CC)CO. The molecule has 0 aliphatic rings. The normalized spacial score (nSPS) is 11.8. The van der Waals surface area contributed by atoms with Gasteiger partial charge in [-0.2, -0.15) is 0 Å². The second kappa shape index (κ2) is 6.37. The highest BCUT2D eigenvalue weighted by Gasteiger charge is 2.19. The zero-order valence-electron chi connectivity index (χ0n) is 7.75. The minimum Gasteiger partial charge on any atom is -0.457 e. The topological polar surface area (TPSA) is 70.4 Å². The molecular formula is C9H15NO3. The Bertz CT molecular complexity index is 197. The molecule has 1 atom stereocenters. The minimum atomic E-state index is -0.680. The van der Waals surface area contributed by atoms with Crippen molar-refractivity contribution in [2.75, 3.05) is 13.2 Å². The lowest BCUT2D eigenvalue weighted by Gasteiger charge is -2.11. The fraction of sp³-hybridized carbons (Fsp3) is 0.556. The van der Waals surface area contributed by atoms with Gasteiger partial charge in [0.2, 0.25) is 0 Å². The number of hydrogen-bond acceptors (Lipinski definition) is 4. The largest absolute Gasteiger partial charge is 0.457 e. The summed E-state index contributed by atoms with van der Waals surface area (Å²) >= 11 is 0. The zero-order chi connectivity index (χ0) is 10.3. The molecule has 0 aliphatic carbocycles. The zero-order valence-corrected chi connectivity index (χ0v) is 7.75. The van der Waals surface area contributed by atoms with Crippen LogP contribution in [0.15, 0.2) is 12.7 Å². The lowest BCUT2D eigenvalue weighted by molar-refractivity contribution is -0.134. The second-order valence-corrected chi connectivity index (χ2v) is 2.59. The third-order valence-corrected chi connectivity index (χ3v) is 1.67. The highest BCUT2D eigenvalue weighted by atomic mass is 16.5. The molecule has 0 radical (unpaired) electrons. The number of nitrogens with one attached hydrogen (secondary N) is 1. The summed E-state index contributed by atoms with van der Waals surface area (Å²) in [5.41, 5.74) is -0.174. The van der Waals surface area contributed by atoms with Crippen molar-refractivity contribution in [3.05, 3.63) is 12.7 Å². The monoisotopic (exact) mass is 185 g/mol. The molecule has 13 heavy (non-hydrogen) atoms. The molecule has 0 bridgehead atoms. The predicted molar refractivity (Wildman–Crippen MR) is 49.7 cm³/mol. The molecule has 0 unspecified atom stereocenters. The number of aliphatic hydroxyl groups excluding tert-OH is 1. The van der Waals surface area contributed by atoms with Crippen molar-refractivity contribution in [2.45, 2.75) is 13.3 Å². The van der Waals surface area contributed by atoms with E-state index in [9.17, 15) is 4.79 Å². The van der Waals surface area contributed by atoms with Crippen LogP contribution in [-0.2, 0) is 9.53 Å². The number of ether oxygens (including phenoxy) is 1. The first-order valence-electron chi connectivity index (χ1n) is 4.14. The summed E-state index contributed by atoms with van der Waals surface area (Å²) in [6.07, 6.45) is 1.99. The Morgan fingerprint density at radius 2 is 2.38 bits per heavy atom. The quantitative estimate of drug-likeness (QED) is 0.364. The summed E-state index contributed by atoms with van der Waals surface area (Å²) in [6.45, 7) is 5.09. The first kappa shape index (κ1) is 11.8. The Morgan fingerprint density at radius 1 is 1.77 bits per heavy atom. The number of esters is 1. The highest BCUT2D eigenvalue weighted by molar-refractivity contribution is 6.35. The maximum atomic E-state index is 11.1. The van der Waals surface area contributed by atoms with Gasteiger partial charge in [0.15, 0.2) is 0 Å². The van der Waals surface area contributed by atoms with Gasteiger partial charge in [-0.15, -0.1) is 0 Å². The molecule has 0 aromatic rings. The number of rotatable bonds is 6. The molecule has 0 aromatic heterocycles. The Morgan fingerprint density at radius 3 is 2.77 bits per heavy atom. The molecule has 2 N–H and O–H groups in total. The van der Waals surface area contributed by atoms with Gasteiger partial charge in [0.05, 0.1) is 6.61 Å². The van der Waals surface area contributed by atoms with Gasteiger partial charge in [-0.1, -0.05) is 19.6 Å². The van der Waals surface area contributed by atoms with Crippen LogP contribution < -0.4 is 0 Å². The Labute approximate surface area is 77.7 Å². The Balaban J connectivity index is 4.07. The van der Waals surface area contributed by atoms with E-state index in [2.05, 4.69) is 11.3 Å². The molecule has 0 fully saturated rings. The lowest BCUT2D eigenvalue weighted by Crippen LogP contribution is -2.27. The van der Waals surface area contributed by atoms with E-state index in [1.807, 2.05) is 0 Å². The van der Waals surface area contributed by atoms with Gasteiger partial charge in [-0.3, -0.25) is 5.41 Å². The van der Waals surface area contributed by atoms with Gasteiger partial charge >= 0.3 is 5.97 Å². The molecule has 0 saturated heterocycles. The van der Waals surface area contributed by atoms with E-state index in [1.54, 1.807) is 6.92 Å². The van der Waals surface area contributed by atoms with Crippen LogP contribution in [0.5, 0.6) is 0 Å². The maximum absolute atomic E-state index is 11.1. The smallest absolute Gasteiger partial charge is 0.352 e. The first-order chi connectivity index (χ1) is 6.17. The van der Waals surface area contributed by atoms with E-state index in [1.165, 1.54) is 6.08 Å². The van der Waals surface area contributed by atoms with E-state index >= 15 is 0 Å². The first-order valence-corrected chi connectivity index (χ1v) is 4.14. The van der Waals surface area contributed by atoms with E-state index in [-0.39, 0.29) is 18.9 Å². The molecule has 0 aromatic carbocycles. The molecule has 4 heteroatoms. The van der Waals surface area contributed by atoms with Crippen molar-refractivity contribution in [3.63, 3.8) is 0 Å². The van der Waals surface area contributed by atoms with E-state index in [0.717, 1.165) is 0 Å². The number of aliphatic hydroxyl groups is 1. The van der Waals surface area contributed by atoms with Gasteiger partial charge < -0.3 is 9.84 Å². The molecule has 0 heterocycles. The number of carbonyl (C=O) groups excluding carboxylic acids is 1. The summed E-state index contributed by atoms with van der Waals surface area (Å²) in [4.78, 5) is 11.1. The molecule has 0 spiro atoms. The molecule has 0 amide bonds. The third-order valence-electron chi connectivity index (χ3n) is 1.67. The third kappa shape index (κ3) is 3.85. The molecular weight excluding hydrogens is 170 g/mol. The van der Waals surface area contributed by atoms with Crippen molar-refractivity contribution < 1.29 is 14.6 Å². The van der Waals surface area contributed by atoms with Gasteiger partial charge in [-0.05, 0) is 6.42 Å². The van der Waals surface area contributed by atoms with Crippen molar-refractivity contribution in [2.24, 2.45) is 5.92 Å². The number of hydrogen-bond donors (Lipinski definition) is 2. The highest BCUT2D eigenvalue weighted by Crippen LogP contribution is 2.04. The Kier molecular flexibility index (Phi) is 5.80. The summed E-state index contributed by atoms with van der Waals surface area (Å²) in [6, 6.07) is 0. The van der Waals surface area contributed by atoms with Gasteiger partial charge in [-0.25, -0.2) is 4.79 Å². The van der Waals surface area contributed by atoms with Crippen LogP contribution in [0.3, 0.4) is 0 Å². The fourth-order valence-corrected chi connectivity index (χ4v) is 0.804. The van der Waals surface area contributed by atoms with Gasteiger partial charge in [0.1, 0.15) is 12.3 Å². The van der Waals surface area contributed by atoms with Crippen LogP contribution >= 0.6 is 0 Å². The average Bonchev–Trinajstić information content (AvgIpc) is 2.15. The minimum absolute atomic E-state index is 0.100. The summed E-state index contributed by atoms with van der Waals surface area (Å²) < 4.78 is 4.64. The molecule has 0 aliphatic heterocycles. The second-order valence-electron chi connectivity index (χ2n) is 2.59. The molecule has 4 nitrogen and oxygen atoms in total. The standard InChI is InChI=1S/C9H15NO3/c1-3-5-13-9(12)8(10)7(4-2)6-11/h3,7,10-11H,1,4-6H2,2H3/t7-/m1/s1. The molecule has 0 saturated carbocycles. The van der Waals surface area contributed by atoms with Crippen LogP contribution in [0.25, 0.3) is 0 Å². The summed E-state index contributed by atoms with van der Waals surface area (Å²) in [5.74, 6) is -1.10. The Hall–Kier alpha value is -1.16. The van der Waals surface area contributed by atoms with E-state index < -0.39 is 11.9 Å². The lowest BCUT2D eigenvalue weighted by atomic mass is 10.0. The van der Waals surface area contributed by atoms with Gasteiger partial charge in [0.25, 0.3) is 0 Å². The van der Waals surface area contributed by atoms with E-state index in [4.69, 9.17) is 10.5 Å². The van der Waals surface area contributed by atoms with Crippen LogP contribution in [0.4, 0.5) is 0 Å². The summed E-state index contributed by atoms with van der Waals surface area (Å²) in [5, 5.41) is 16.2. The van der Waals surface area contributed by atoms with Crippen molar-refractivity contribution >= 4 is 11.7 Å². The molecule has 74 valence electrons. The van der Waals surface area contributed by atoms with Crippen LogP contribution in [-0.4, -0.2) is 30.0 Å². The predicted octanol–water partition coefficient (Wildman–Crippen LogP) is 0.754. The van der Waals surface area contributed by atoms with Crippen molar-refractivity contribution in [3.8, 4) is 0 Å². The van der Waals surface area contributed by atoms with Crippen molar-refractivity contribution in [1.29, 1.82) is 5.41 Å². The number of carbonyl (C=O) groups is 1.